The Balaban J connectivity index is 1.67. The summed E-state index contributed by atoms with van der Waals surface area (Å²) in [5, 5.41) is 12.1. The number of nitrogens with zero attached hydrogens (tertiary/aromatic N) is 6. The van der Waals surface area contributed by atoms with Crippen molar-refractivity contribution in [3.05, 3.63) is 48.0 Å². The molecule has 0 amide bonds. The van der Waals surface area contributed by atoms with E-state index in [9.17, 15) is 8.78 Å². The third-order valence-corrected chi connectivity index (χ3v) is 4.23. The van der Waals surface area contributed by atoms with Crippen LogP contribution in [0.3, 0.4) is 0 Å². The van der Waals surface area contributed by atoms with Crippen molar-refractivity contribution >= 4 is 11.8 Å². The summed E-state index contributed by atoms with van der Waals surface area (Å²) in [6, 6.07) is 7.54. The van der Waals surface area contributed by atoms with Crippen molar-refractivity contribution in [3.8, 4) is 5.75 Å². The fourth-order valence-corrected chi connectivity index (χ4v) is 2.89. The minimum atomic E-state index is -2.61. The molecule has 0 unspecified atom stereocenters. The minimum absolute atomic E-state index is 0.250. The van der Waals surface area contributed by atoms with E-state index in [0.717, 1.165) is 15.9 Å². The summed E-state index contributed by atoms with van der Waals surface area (Å²) in [6.07, 6.45) is 2.60. The predicted octanol–water partition coefficient (Wildman–Crippen LogP) is 2.61. The van der Waals surface area contributed by atoms with E-state index in [-0.39, 0.29) is 11.6 Å². The van der Waals surface area contributed by atoms with Gasteiger partial charge < -0.3 is 4.74 Å². The van der Waals surface area contributed by atoms with Crippen LogP contribution in [-0.4, -0.2) is 36.9 Å². The van der Waals surface area contributed by atoms with E-state index in [2.05, 4.69) is 20.5 Å². The number of aromatic nitrogens is 6. The van der Waals surface area contributed by atoms with Gasteiger partial charge in [-0.3, -0.25) is 4.57 Å². The van der Waals surface area contributed by atoms with Gasteiger partial charge in [0.25, 0.3) is 0 Å². The second-order valence-corrected chi connectivity index (χ2v) is 5.73. The number of benzene rings is 1. The van der Waals surface area contributed by atoms with Crippen molar-refractivity contribution in [2.75, 3.05) is 7.11 Å². The smallest absolute Gasteiger partial charge is 0.319 e. The molecule has 0 aliphatic carbocycles. The molecule has 2 aromatic heterocycles. The zero-order chi connectivity index (χ0) is 16.9. The van der Waals surface area contributed by atoms with Crippen molar-refractivity contribution in [1.29, 1.82) is 0 Å². The number of hydrogen-bond donors (Lipinski definition) is 0. The lowest BCUT2D eigenvalue weighted by Crippen LogP contribution is -2.05. The van der Waals surface area contributed by atoms with E-state index >= 15 is 0 Å². The molecule has 1 aromatic carbocycles. The molecule has 10 heteroatoms. The van der Waals surface area contributed by atoms with Gasteiger partial charge in [0.15, 0.2) is 0 Å². The molecule has 2 heterocycles. The molecule has 0 aliphatic rings. The van der Waals surface area contributed by atoms with Crippen LogP contribution in [-0.2, 0) is 12.3 Å². The third-order valence-electron chi connectivity index (χ3n) is 3.28. The van der Waals surface area contributed by atoms with Crippen molar-refractivity contribution in [3.63, 3.8) is 0 Å². The van der Waals surface area contributed by atoms with Gasteiger partial charge in [-0.15, -0.1) is 5.10 Å². The summed E-state index contributed by atoms with van der Waals surface area (Å²) in [7, 11) is 1.61. The number of imidazole rings is 1. The Bertz CT molecular complexity index is 789. The molecule has 0 aliphatic heterocycles. The first kappa shape index (κ1) is 16.4. The quantitative estimate of drug-likeness (QED) is 0.609. The van der Waals surface area contributed by atoms with Crippen LogP contribution in [0.25, 0.3) is 0 Å². The first-order valence-electron chi connectivity index (χ1n) is 6.99. The molecule has 0 N–H and O–H groups in total. The average Bonchev–Trinajstić information content (AvgIpc) is 3.22. The maximum absolute atomic E-state index is 12.8. The Morgan fingerprint density at radius 2 is 2.04 bits per heavy atom. The van der Waals surface area contributed by atoms with Crippen LogP contribution < -0.4 is 4.74 Å². The van der Waals surface area contributed by atoms with Gasteiger partial charge in [-0.25, -0.2) is 9.67 Å². The Labute approximate surface area is 140 Å². The Hall–Kier alpha value is -2.49. The molecule has 3 aromatic rings. The van der Waals surface area contributed by atoms with Gasteiger partial charge in [0.2, 0.25) is 5.16 Å². The van der Waals surface area contributed by atoms with Crippen LogP contribution in [0.1, 0.15) is 17.9 Å². The number of alkyl halides is 2. The minimum Gasteiger partial charge on any atom is -0.497 e. The molecule has 7 nitrogen and oxygen atoms in total. The fourth-order valence-electron chi connectivity index (χ4n) is 2.07. The lowest BCUT2D eigenvalue weighted by molar-refractivity contribution is 0.0678. The largest absolute Gasteiger partial charge is 0.497 e. The van der Waals surface area contributed by atoms with E-state index in [0.29, 0.717) is 11.7 Å². The summed E-state index contributed by atoms with van der Waals surface area (Å²) in [6.45, 7) is -2.14. The van der Waals surface area contributed by atoms with Crippen molar-refractivity contribution in [2.45, 2.75) is 24.0 Å². The lowest BCUT2D eigenvalue weighted by Gasteiger charge is -2.07. The zero-order valence-corrected chi connectivity index (χ0v) is 13.5. The summed E-state index contributed by atoms with van der Waals surface area (Å²) in [5.74, 6) is 1.29. The number of thioether (sulfide) groups is 1. The Kier molecular flexibility index (Phi) is 5.04. The summed E-state index contributed by atoms with van der Waals surface area (Å²) in [4.78, 5) is 3.94. The average molecular weight is 352 g/mol. The van der Waals surface area contributed by atoms with Crippen molar-refractivity contribution in [1.82, 2.24) is 29.8 Å². The topological polar surface area (TPSA) is 70.7 Å². The van der Waals surface area contributed by atoms with E-state index in [4.69, 9.17) is 4.74 Å². The number of hydrogen-bond acceptors (Lipinski definition) is 6. The molecule has 0 saturated heterocycles. The van der Waals surface area contributed by atoms with Crippen LogP contribution in [0, 0.1) is 0 Å². The first-order valence-corrected chi connectivity index (χ1v) is 7.97. The van der Waals surface area contributed by atoms with Gasteiger partial charge in [-0.2, -0.15) is 8.78 Å². The molecule has 3 rings (SSSR count). The molecule has 24 heavy (non-hydrogen) atoms. The molecule has 0 spiro atoms. The second-order valence-electron chi connectivity index (χ2n) is 4.78. The lowest BCUT2D eigenvalue weighted by atomic mass is 10.2. The van der Waals surface area contributed by atoms with Crippen LogP contribution >= 0.6 is 11.8 Å². The van der Waals surface area contributed by atoms with Gasteiger partial charge in [-0.05, 0) is 28.1 Å². The molecular weight excluding hydrogens is 338 g/mol. The highest BCUT2D eigenvalue weighted by Crippen LogP contribution is 2.22. The highest BCUT2D eigenvalue weighted by Gasteiger charge is 2.14. The Morgan fingerprint density at radius 3 is 2.75 bits per heavy atom. The highest BCUT2D eigenvalue weighted by atomic mass is 32.2. The van der Waals surface area contributed by atoms with Gasteiger partial charge in [-0.1, -0.05) is 23.9 Å². The number of ether oxygens (including phenoxy) is 1. The van der Waals surface area contributed by atoms with E-state index in [1.54, 1.807) is 11.8 Å². The van der Waals surface area contributed by atoms with Crippen LogP contribution in [0.15, 0.2) is 41.8 Å². The third kappa shape index (κ3) is 3.70. The van der Waals surface area contributed by atoms with Crippen LogP contribution in [0.2, 0.25) is 0 Å². The molecule has 0 bridgehead atoms. The van der Waals surface area contributed by atoms with Crippen molar-refractivity contribution in [2.24, 2.45) is 0 Å². The van der Waals surface area contributed by atoms with Crippen molar-refractivity contribution < 1.29 is 13.5 Å². The maximum atomic E-state index is 12.8. The molecule has 0 fully saturated rings. The van der Waals surface area contributed by atoms with Gasteiger partial charge >= 0.3 is 6.55 Å². The van der Waals surface area contributed by atoms with E-state index in [1.807, 2.05) is 24.3 Å². The summed E-state index contributed by atoms with van der Waals surface area (Å²) in [5.41, 5.74) is 0.999. The zero-order valence-electron chi connectivity index (χ0n) is 12.7. The number of rotatable bonds is 7. The molecular formula is C14H14F2N6OS. The van der Waals surface area contributed by atoms with Crippen LogP contribution in [0.4, 0.5) is 8.78 Å². The monoisotopic (exact) mass is 352 g/mol. The summed E-state index contributed by atoms with van der Waals surface area (Å²) < 4.78 is 33.2. The molecule has 0 saturated carbocycles. The van der Waals surface area contributed by atoms with E-state index < -0.39 is 6.55 Å². The fraction of sp³-hybridized carbons (Fsp3) is 0.286. The standard InChI is InChI=1S/C14H14F2N6OS/c1-23-11-4-2-10(3-5-11)8-22-14(18-19-20-22)24-9-12-17-6-7-21(12)13(15)16/h2-7,13H,8-9H2,1H3. The maximum Gasteiger partial charge on any atom is 0.319 e. The molecule has 0 radical (unpaired) electrons. The molecule has 126 valence electrons. The summed E-state index contributed by atoms with van der Waals surface area (Å²) >= 11 is 1.26. The van der Waals surface area contributed by atoms with E-state index in [1.165, 1.54) is 24.2 Å². The first-order chi connectivity index (χ1) is 11.7. The number of tetrazole rings is 1. The predicted molar refractivity (Wildman–Crippen MR) is 83.0 cm³/mol. The molecule has 0 atom stereocenters. The second kappa shape index (κ2) is 7.39. The van der Waals surface area contributed by atoms with Gasteiger partial charge in [0.1, 0.15) is 11.6 Å². The van der Waals surface area contributed by atoms with Crippen LogP contribution in [0.5, 0.6) is 5.75 Å². The number of halogens is 2. The van der Waals surface area contributed by atoms with Gasteiger partial charge in [0.05, 0.1) is 19.4 Å². The SMILES string of the molecule is COc1ccc(Cn2nnnc2SCc2nccn2C(F)F)cc1. The Morgan fingerprint density at radius 1 is 1.25 bits per heavy atom. The number of methoxy groups -OCH3 is 1. The normalized spacial score (nSPS) is 11.2. The van der Waals surface area contributed by atoms with Gasteiger partial charge in [0, 0.05) is 12.4 Å². The highest BCUT2D eigenvalue weighted by molar-refractivity contribution is 7.98.